The summed E-state index contributed by atoms with van der Waals surface area (Å²) >= 11 is 0. The third-order valence-electron chi connectivity index (χ3n) is 4.12. The van der Waals surface area contributed by atoms with Crippen LogP contribution in [0.15, 0.2) is 18.3 Å². The van der Waals surface area contributed by atoms with Gasteiger partial charge in [0.15, 0.2) is 5.65 Å². The van der Waals surface area contributed by atoms with E-state index in [0.29, 0.717) is 11.9 Å². The van der Waals surface area contributed by atoms with Crippen molar-refractivity contribution in [2.24, 2.45) is 0 Å². The Kier molecular flexibility index (Phi) is 3.11. The molecule has 0 atom stereocenters. The molecule has 110 valence electrons. The first kappa shape index (κ1) is 12.8. The van der Waals surface area contributed by atoms with Crippen molar-refractivity contribution in [2.45, 2.75) is 37.8 Å². The van der Waals surface area contributed by atoms with Crippen LogP contribution < -0.4 is 5.32 Å². The van der Waals surface area contributed by atoms with E-state index in [9.17, 15) is 4.79 Å². The molecule has 0 bridgehead atoms. The molecule has 0 radical (unpaired) electrons. The van der Waals surface area contributed by atoms with Gasteiger partial charge in [-0.15, -0.1) is 0 Å². The van der Waals surface area contributed by atoms with E-state index in [1.54, 1.807) is 6.20 Å². The number of imidazole rings is 1. The van der Waals surface area contributed by atoms with Gasteiger partial charge in [-0.2, -0.15) is 0 Å². The van der Waals surface area contributed by atoms with Crippen LogP contribution in [0.25, 0.3) is 11.2 Å². The average molecular weight is 286 g/mol. The van der Waals surface area contributed by atoms with Gasteiger partial charge in [-0.1, -0.05) is 0 Å². The van der Waals surface area contributed by atoms with Crippen LogP contribution in [0.4, 0.5) is 0 Å². The molecule has 1 aliphatic heterocycles. The fourth-order valence-corrected chi connectivity index (χ4v) is 2.86. The monoisotopic (exact) mass is 286 g/mol. The quantitative estimate of drug-likeness (QED) is 0.932. The molecule has 6 heteroatoms. The van der Waals surface area contributed by atoms with Crippen molar-refractivity contribution < 1.29 is 9.53 Å². The highest BCUT2D eigenvalue weighted by Gasteiger charge is 2.29. The van der Waals surface area contributed by atoms with Gasteiger partial charge in [0, 0.05) is 31.5 Å². The van der Waals surface area contributed by atoms with E-state index in [0.717, 1.165) is 50.1 Å². The molecular formula is C15H18N4O2. The number of carbonyl (C=O) groups is 1. The summed E-state index contributed by atoms with van der Waals surface area (Å²) < 4.78 is 7.44. The highest BCUT2D eigenvalue weighted by molar-refractivity contribution is 5.94. The molecule has 0 aromatic carbocycles. The lowest BCUT2D eigenvalue weighted by Gasteiger charge is -2.25. The van der Waals surface area contributed by atoms with E-state index in [4.69, 9.17) is 4.74 Å². The van der Waals surface area contributed by atoms with E-state index < -0.39 is 0 Å². The van der Waals surface area contributed by atoms with Crippen LogP contribution in [0, 0.1) is 0 Å². The first-order valence-electron chi connectivity index (χ1n) is 7.54. The second-order valence-corrected chi connectivity index (χ2v) is 5.74. The molecule has 1 aliphatic carbocycles. The smallest absolute Gasteiger partial charge is 0.287 e. The molecule has 1 saturated heterocycles. The minimum atomic E-state index is -0.0815. The van der Waals surface area contributed by atoms with E-state index in [1.165, 1.54) is 0 Å². The Morgan fingerprint density at radius 2 is 2.10 bits per heavy atom. The number of hydrogen-bond acceptors (Lipinski definition) is 4. The van der Waals surface area contributed by atoms with Gasteiger partial charge < -0.3 is 14.6 Å². The lowest BCUT2D eigenvalue weighted by Crippen LogP contribution is -2.31. The van der Waals surface area contributed by atoms with Crippen LogP contribution in [0.2, 0.25) is 0 Å². The zero-order valence-corrected chi connectivity index (χ0v) is 11.8. The summed E-state index contributed by atoms with van der Waals surface area (Å²) in [5.74, 6) is 0.407. The highest BCUT2D eigenvalue weighted by Crippen LogP contribution is 2.27. The van der Waals surface area contributed by atoms with Gasteiger partial charge in [-0.3, -0.25) is 4.79 Å². The molecule has 1 N–H and O–H groups in total. The van der Waals surface area contributed by atoms with Gasteiger partial charge in [0.05, 0.1) is 0 Å². The summed E-state index contributed by atoms with van der Waals surface area (Å²) in [5.41, 5.74) is 1.58. The molecule has 2 aliphatic rings. The van der Waals surface area contributed by atoms with Gasteiger partial charge in [0.2, 0.25) is 5.82 Å². The van der Waals surface area contributed by atoms with Gasteiger partial charge >= 0.3 is 0 Å². The maximum Gasteiger partial charge on any atom is 0.287 e. The topological polar surface area (TPSA) is 69.0 Å². The lowest BCUT2D eigenvalue weighted by atomic mass is 10.1. The average Bonchev–Trinajstić information content (AvgIpc) is 3.25. The number of carbonyl (C=O) groups excluding carboxylic acids is 1. The summed E-state index contributed by atoms with van der Waals surface area (Å²) in [4.78, 5) is 21.4. The summed E-state index contributed by atoms with van der Waals surface area (Å²) in [6.07, 6.45) is 5.68. The first-order chi connectivity index (χ1) is 10.3. The summed E-state index contributed by atoms with van der Waals surface area (Å²) in [7, 11) is 0. The van der Waals surface area contributed by atoms with Crippen LogP contribution in [0.5, 0.6) is 0 Å². The number of amides is 1. The standard InChI is InChI=1S/C15H18N4O2/c20-15(17-10-3-4-10)14-18-12-2-1-7-16-13(12)19(14)11-5-8-21-9-6-11/h1-2,7,10-11H,3-6,8-9H2,(H,17,20). The Morgan fingerprint density at radius 3 is 2.86 bits per heavy atom. The van der Waals surface area contributed by atoms with Crippen LogP contribution in [-0.2, 0) is 4.74 Å². The fraction of sp³-hybridized carbons (Fsp3) is 0.533. The minimum absolute atomic E-state index is 0.0815. The molecule has 21 heavy (non-hydrogen) atoms. The zero-order valence-electron chi connectivity index (χ0n) is 11.8. The van der Waals surface area contributed by atoms with Crippen molar-refractivity contribution in [1.82, 2.24) is 19.9 Å². The molecule has 2 aromatic heterocycles. The minimum Gasteiger partial charge on any atom is -0.381 e. The number of nitrogens with zero attached hydrogens (tertiary/aromatic N) is 3. The Hall–Kier alpha value is -1.95. The molecule has 2 aromatic rings. The highest BCUT2D eigenvalue weighted by atomic mass is 16.5. The molecule has 0 spiro atoms. The Morgan fingerprint density at radius 1 is 1.29 bits per heavy atom. The second-order valence-electron chi connectivity index (χ2n) is 5.74. The molecule has 4 rings (SSSR count). The second kappa shape index (κ2) is 5.11. The van der Waals surface area contributed by atoms with Crippen molar-refractivity contribution in [3.8, 4) is 0 Å². The number of hydrogen-bond donors (Lipinski definition) is 1. The predicted molar refractivity (Wildman–Crippen MR) is 77.1 cm³/mol. The van der Waals surface area contributed by atoms with Crippen LogP contribution >= 0.6 is 0 Å². The van der Waals surface area contributed by atoms with Crippen LogP contribution in [0.1, 0.15) is 42.3 Å². The summed E-state index contributed by atoms with van der Waals surface area (Å²) in [6.45, 7) is 1.45. The lowest BCUT2D eigenvalue weighted by molar-refractivity contribution is 0.0683. The molecule has 1 amide bonds. The van der Waals surface area contributed by atoms with E-state index in [-0.39, 0.29) is 11.9 Å². The molecule has 3 heterocycles. The predicted octanol–water partition coefficient (Wildman–Crippen LogP) is 1.68. The van der Waals surface area contributed by atoms with Gasteiger partial charge in [0.25, 0.3) is 5.91 Å². The number of pyridine rings is 1. The molecule has 2 fully saturated rings. The number of aromatic nitrogens is 3. The van der Waals surface area contributed by atoms with Crippen molar-refractivity contribution in [1.29, 1.82) is 0 Å². The zero-order chi connectivity index (χ0) is 14.2. The maximum atomic E-state index is 12.5. The number of fused-ring (bicyclic) bond motifs is 1. The fourth-order valence-electron chi connectivity index (χ4n) is 2.86. The third kappa shape index (κ3) is 2.40. The Balaban J connectivity index is 1.77. The van der Waals surface area contributed by atoms with E-state index >= 15 is 0 Å². The number of nitrogens with one attached hydrogen (secondary N) is 1. The van der Waals surface area contributed by atoms with Crippen molar-refractivity contribution in [3.05, 3.63) is 24.2 Å². The van der Waals surface area contributed by atoms with Crippen LogP contribution in [0.3, 0.4) is 0 Å². The largest absolute Gasteiger partial charge is 0.381 e. The molecule has 6 nitrogen and oxygen atoms in total. The summed E-state index contributed by atoms with van der Waals surface area (Å²) in [5, 5.41) is 3.03. The van der Waals surface area contributed by atoms with E-state index in [1.807, 2.05) is 16.7 Å². The summed E-state index contributed by atoms with van der Waals surface area (Å²) in [6, 6.07) is 4.32. The van der Waals surface area contributed by atoms with Crippen molar-refractivity contribution in [2.75, 3.05) is 13.2 Å². The molecule has 0 unspecified atom stereocenters. The molecular weight excluding hydrogens is 268 g/mol. The third-order valence-corrected chi connectivity index (χ3v) is 4.12. The van der Waals surface area contributed by atoms with Crippen molar-refractivity contribution in [3.63, 3.8) is 0 Å². The van der Waals surface area contributed by atoms with Gasteiger partial charge in [-0.05, 0) is 37.8 Å². The van der Waals surface area contributed by atoms with Gasteiger partial charge in [0.1, 0.15) is 5.52 Å². The Labute approximate surface area is 122 Å². The first-order valence-corrected chi connectivity index (χ1v) is 7.54. The van der Waals surface area contributed by atoms with E-state index in [2.05, 4.69) is 15.3 Å². The number of rotatable bonds is 3. The maximum absolute atomic E-state index is 12.5. The van der Waals surface area contributed by atoms with Crippen LogP contribution in [-0.4, -0.2) is 39.7 Å². The number of ether oxygens (including phenoxy) is 1. The van der Waals surface area contributed by atoms with Gasteiger partial charge in [-0.25, -0.2) is 9.97 Å². The normalized spacial score (nSPS) is 19.8. The molecule has 1 saturated carbocycles. The van der Waals surface area contributed by atoms with Crippen molar-refractivity contribution >= 4 is 17.1 Å². The Bertz CT molecular complexity index is 671. The SMILES string of the molecule is O=C(NC1CC1)c1nc2cccnc2n1C1CCOCC1.